The van der Waals surface area contributed by atoms with Gasteiger partial charge in [0.2, 0.25) is 5.75 Å². The highest BCUT2D eigenvalue weighted by molar-refractivity contribution is 6.07. The van der Waals surface area contributed by atoms with Crippen LogP contribution in [-0.4, -0.2) is 57.3 Å². The maximum absolute atomic E-state index is 12.8. The van der Waals surface area contributed by atoms with E-state index in [1.807, 2.05) is 6.07 Å². The minimum atomic E-state index is -0.744. The number of hydrogen-bond donors (Lipinski definition) is 0. The van der Waals surface area contributed by atoms with Crippen LogP contribution in [0.3, 0.4) is 0 Å². The summed E-state index contributed by atoms with van der Waals surface area (Å²) in [5, 5.41) is 4.56. The smallest absolute Gasteiger partial charge is 0.357 e. The first-order chi connectivity index (χ1) is 15.0. The van der Waals surface area contributed by atoms with Crippen molar-refractivity contribution in [3.63, 3.8) is 0 Å². The first kappa shape index (κ1) is 21.7. The largest absolute Gasteiger partial charge is 0.493 e. The number of rotatable bonds is 7. The average Bonchev–Trinajstić information content (AvgIpc) is 3.23. The molecule has 162 valence electrons. The van der Waals surface area contributed by atoms with E-state index in [0.717, 1.165) is 0 Å². The van der Waals surface area contributed by atoms with Crippen molar-refractivity contribution in [2.24, 2.45) is 0 Å². The van der Waals surface area contributed by atoms with Crippen LogP contribution in [0.1, 0.15) is 20.8 Å². The number of nitrogens with zero attached hydrogens (tertiary/aromatic N) is 2. The Morgan fingerprint density at radius 3 is 1.87 bits per heavy atom. The maximum atomic E-state index is 12.8. The highest BCUT2D eigenvalue weighted by Gasteiger charge is 2.32. The van der Waals surface area contributed by atoms with Gasteiger partial charge in [0, 0.05) is 5.56 Å². The summed E-state index contributed by atoms with van der Waals surface area (Å²) in [5.41, 5.74) is 1.09. The van der Waals surface area contributed by atoms with Gasteiger partial charge in [-0.2, -0.15) is 5.10 Å². The molecule has 3 aromatic rings. The molecular formula is C22H22N2O7. The molecule has 0 N–H and O–H groups in total. The molecular weight excluding hydrogens is 404 g/mol. The molecule has 9 nitrogen and oxygen atoms in total. The van der Waals surface area contributed by atoms with Crippen LogP contribution >= 0.6 is 0 Å². The zero-order valence-corrected chi connectivity index (χ0v) is 17.8. The van der Waals surface area contributed by atoms with Crippen molar-refractivity contribution in [3.8, 4) is 34.2 Å². The molecule has 0 amide bonds. The Hall–Kier alpha value is -4.01. The van der Waals surface area contributed by atoms with E-state index in [1.54, 1.807) is 36.4 Å². The fraction of sp³-hybridized carbons (Fsp3) is 0.227. The van der Waals surface area contributed by atoms with Gasteiger partial charge in [-0.15, -0.1) is 0 Å². The number of para-hydroxylation sites is 1. The molecule has 0 fully saturated rings. The normalized spacial score (nSPS) is 10.4. The van der Waals surface area contributed by atoms with Crippen LogP contribution in [0.5, 0.6) is 17.2 Å². The van der Waals surface area contributed by atoms with Gasteiger partial charge < -0.3 is 23.7 Å². The second kappa shape index (κ2) is 9.21. The monoisotopic (exact) mass is 426 g/mol. The first-order valence-electron chi connectivity index (χ1n) is 9.16. The van der Waals surface area contributed by atoms with Gasteiger partial charge in [0.25, 0.3) is 0 Å². The second-order valence-electron chi connectivity index (χ2n) is 6.22. The molecule has 31 heavy (non-hydrogen) atoms. The van der Waals surface area contributed by atoms with E-state index in [1.165, 1.54) is 40.2 Å². The average molecular weight is 426 g/mol. The molecule has 0 saturated carbocycles. The number of carbonyl (C=O) groups excluding carboxylic acids is 2. The van der Waals surface area contributed by atoms with Gasteiger partial charge in [-0.3, -0.25) is 0 Å². The number of methoxy groups -OCH3 is 5. The number of esters is 2. The van der Waals surface area contributed by atoms with E-state index >= 15 is 0 Å². The van der Waals surface area contributed by atoms with Gasteiger partial charge in [0.05, 0.1) is 41.2 Å². The maximum Gasteiger partial charge on any atom is 0.357 e. The van der Waals surface area contributed by atoms with Gasteiger partial charge in [-0.25, -0.2) is 14.3 Å². The van der Waals surface area contributed by atoms with E-state index in [-0.39, 0.29) is 17.0 Å². The van der Waals surface area contributed by atoms with Crippen LogP contribution in [0.25, 0.3) is 16.9 Å². The SMILES string of the molecule is COC(=O)c1c(-c2cc(OC)c(OC)c(OC)c2)nn(-c2ccccc2)c1C(=O)OC. The van der Waals surface area contributed by atoms with Crippen molar-refractivity contribution in [2.45, 2.75) is 0 Å². The van der Waals surface area contributed by atoms with E-state index in [4.69, 9.17) is 23.7 Å². The second-order valence-corrected chi connectivity index (χ2v) is 6.22. The lowest BCUT2D eigenvalue weighted by atomic mass is 10.0. The summed E-state index contributed by atoms with van der Waals surface area (Å²) < 4.78 is 27.4. The Labute approximate surface area is 179 Å². The van der Waals surface area contributed by atoms with Gasteiger partial charge in [-0.05, 0) is 24.3 Å². The van der Waals surface area contributed by atoms with Crippen LogP contribution in [0.4, 0.5) is 0 Å². The van der Waals surface area contributed by atoms with Crippen molar-refractivity contribution in [1.82, 2.24) is 9.78 Å². The molecule has 0 aliphatic heterocycles. The lowest BCUT2D eigenvalue weighted by Gasteiger charge is -2.13. The fourth-order valence-corrected chi connectivity index (χ4v) is 3.17. The van der Waals surface area contributed by atoms with Crippen molar-refractivity contribution >= 4 is 11.9 Å². The summed E-state index contributed by atoms with van der Waals surface area (Å²) in [6, 6.07) is 12.2. The third-order valence-corrected chi connectivity index (χ3v) is 4.59. The van der Waals surface area contributed by atoms with Crippen LogP contribution in [0.2, 0.25) is 0 Å². The highest BCUT2D eigenvalue weighted by atomic mass is 16.5. The topological polar surface area (TPSA) is 98.1 Å². The highest BCUT2D eigenvalue weighted by Crippen LogP contribution is 2.42. The molecule has 9 heteroatoms. The molecule has 0 bridgehead atoms. The Morgan fingerprint density at radius 1 is 0.806 bits per heavy atom. The molecule has 0 unspecified atom stereocenters. The minimum Gasteiger partial charge on any atom is -0.493 e. The summed E-state index contributed by atoms with van der Waals surface area (Å²) in [5.74, 6) is -0.381. The molecule has 0 atom stereocenters. The zero-order chi connectivity index (χ0) is 22.5. The first-order valence-corrected chi connectivity index (χ1v) is 9.16. The summed E-state index contributed by atoms with van der Waals surface area (Å²) in [4.78, 5) is 25.4. The number of hydrogen-bond acceptors (Lipinski definition) is 8. The van der Waals surface area contributed by atoms with E-state index in [2.05, 4.69) is 5.10 Å². The summed E-state index contributed by atoms with van der Waals surface area (Å²) >= 11 is 0. The Bertz CT molecular complexity index is 1080. The van der Waals surface area contributed by atoms with Gasteiger partial charge >= 0.3 is 11.9 Å². The van der Waals surface area contributed by atoms with Crippen molar-refractivity contribution in [1.29, 1.82) is 0 Å². The number of ether oxygens (including phenoxy) is 5. The molecule has 0 aliphatic carbocycles. The Morgan fingerprint density at radius 2 is 1.39 bits per heavy atom. The summed E-state index contributed by atoms with van der Waals surface area (Å²) in [6.07, 6.45) is 0. The van der Waals surface area contributed by atoms with Crippen molar-refractivity contribution in [2.75, 3.05) is 35.5 Å². The van der Waals surface area contributed by atoms with Crippen LogP contribution < -0.4 is 14.2 Å². The molecule has 0 radical (unpaired) electrons. The molecule has 0 spiro atoms. The van der Waals surface area contributed by atoms with Crippen LogP contribution in [-0.2, 0) is 9.47 Å². The number of aromatic nitrogens is 2. The van der Waals surface area contributed by atoms with Crippen LogP contribution in [0.15, 0.2) is 42.5 Å². The van der Waals surface area contributed by atoms with E-state index in [9.17, 15) is 9.59 Å². The number of benzene rings is 2. The summed E-state index contributed by atoms with van der Waals surface area (Å²) in [6.45, 7) is 0. The molecule has 3 rings (SSSR count). The number of carbonyl (C=O) groups is 2. The van der Waals surface area contributed by atoms with E-state index < -0.39 is 11.9 Å². The minimum absolute atomic E-state index is 0.0486. The van der Waals surface area contributed by atoms with Crippen molar-refractivity contribution < 1.29 is 33.3 Å². The predicted molar refractivity (Wildman–Crippen MR) is 111 cm³/mol. The van der Waals surface area contributed by atoms with Gasteiger partial charge in [0.15, 0.2) is 17.2 Å². The molecule has 0 aliphatic rings. The quantitative estimate of drug-likeness (QED) is 0.532. The lowest BCUT2D eigenvalue weighted by Crippen LogP contribution is -2.15. The van der Waals surface area contributed by atoms with Crippen LogP contribution in [0, 0.1) is 0 Å². The molecule has 1 aromatic heterocycles. The predicted octanol–water partition coefficient (Wildman–Crippen LogP) is 3.14. The fourth-order valence-electron chi connectivity index (χ4n) is 3.17. The van der Waals surface area contributed by atoms with Gasteiger partial charge in [0.1, 0.15) is 11.3 Å². The molecule has 0 saturated heterocycles. The Kier molecular flexibility index (Phi) is 6.44. The van der Waals surface area contributed by atoms with Crippen molar-refractivity contribution in [3.05, 3.63) is 53.7 Å². The lowest BCUT2D eigenvalue weighted by molar-refractivity contribution is 0.0549. The summed E-state index contributed by atoms with van der Waals surface area (Å²) in [7, 11) is 6.89. The van der Waals surface area contributed by atoms with E-state index in [0.29, 0.717) is 28.5 Å². The molecule has 2 aromatic carbocycles. The zero-order valence-electron chi connectivity index (χ0n) is 17.8. The molecule has 1 heterocycles. The third-order valence-electron chi connectivity index (χ3n) is 4.59. The third kappa shape index (κ3) is 3.89. The standard InChI is InChI=1S/C22H22N2O7/c1-27-15-11-13(12-16(28-2)20(15)29-3)18-17(21(25)30-4)19(22(26)31-5)24(23-18)14-9-7-6-8-10-14/h6-12H,1-5H3. The van der Waals surface area contributed by atoms with Gasteiger partial charge in [-0.1, -0.05) is 18.2 Å². The Balaban J connectivity index is 2.39.